The van der Waals surface area contributed by atoms with Crippen LogP contribution < -0.4 is 4.72 Å². The van der Waals surface area contributed by atoms with Crippen LogP contribution in [0.3, 0.4) is 0 Å². The molecule has 0 aliphatic carbocycles. The van der Waals surface area contributed by atoms with Crippen LogP contribution in [0.1, 0.15) is 17.3 Å². The van der Waals surface area contributed by atoms with Crippen LogP contribution in [0.2, 0.25) is 0 Å². The van der Waals surface area contributed by atoms with E-state index in [1.54, 1.807) is 6.33 Å². The minimum Gasteiger partial charge on any atom is -0.361 e. The van der Waals surface area contributed by atoms with Gasteiger partial charge in [0.1, 0.15) is 0 Å². The number of aromatic nitrogens is 3. The lowest BCUT2D eigenvalue weighted by Crippen LogP contribution is -2.41. The number of benzene rings is 1. The molecule has 0 radical (unpaired) electrons. The maximum absolute atomic E-state index is 11.5. The van der Waals surface area contributed by atoms with E-state index in [-0.39, 0.29) is 6.04 Å². The van der Waals surface area contributed by atoms with Gasteiger partial charge < -0.3 is 9.55 Å². The number of nitrogens with zero attached hydrogens (tertiary/aromatic N) is 3. The van der Waals surface area contributed by atoms with Crippen LogP contribution >= 0.6 is 0 Å². The van der Waals surface area contributed by atoms with Crippen molar-refractivity contribution in [2.24, 2.45) is 0 Å². The number of nitrogens with one attached hydrogen (secondary N) is 2. The molecule has 0 fully saturated rings. The number of rotatable bonds is 5. The molecule has 4 rings (SSSR count). The lowest BCUT2D eigenvalue weighted by Gasteiger charge is -2.34. The highest BCUT2D eigenvalue weighted by molar-refractivity contribution is 7.88. The van der Waals surface area contributed by atoms with Gasteiger partial charge in [-0.05, 0) is 17.7 Å². The summed E-state index contributed by atoms with van der Waals surface area (Å²) in [6.07, 6.45) is 6.79. The summed E-state index contributed by atoms with van der Waals surface area (Å²) in [6, 6.07) is 8.41. The van der Waals surface area contributed by atoms with Crippen molar-refractivity contribution in [3.63, 3.8) is 0 Å². The molecule has 1 aromatic carbocycles. The van der Waals surface area contributed by atoms with Crippen molar-refractivity contribution >= 4 is 20.9 Å². The Morgan fingerprint density at radius 3 is 3.08 bits per heavy atom. The Morgan fingerprint density at radius 1 is 1.36 bits per heavy atom. The van der Waals surface area contributed by atoms with E-state index in [1.165, 1.54) is 17.2 Å². The van der Waals surface area contributed by atoms with Crippen LogP contribution in [0.5, 0.6) is 0 Å². The molecular formula is C17H21N5O2S. The molecule has 1 aliphatic heterocycles. The maximum atomic E-state index is 11.5. The second-order valence-corrected chi connectivity index (χ2v) is 8.43. The summed E-state index contributed by atoms with van der Waals surface area (Å²) in [5, 5.41) is 1.23. The smallest absolute Gasteiger partial charge is 0.208 e. The third-order valence-electron chi connectivity index (χ3n) is 4.65. The quantitative estimate of drug-likeness (QED) is 0.723. The number of hydrogen-bond acceptors (Lipinski definition) is 4. The van der Waals surface area contributed by atoms with Gasteiger partial charge in [-0.3, -0.25) is 4.90 Å². The van der Waals surface area contributed by atoms with Crippen LogP contribution in [0.25, 0.3) is 10.9 Å². The lowest BCUT2D eigenvalue weighted by molar-refractivity contribution is 0.178. The van der Waals surface area contributed by atoms with Crippen molar-refractivity contribution in [2.45, 2.75) is 19.1 Å². The molecule has 2 aromatic heterocycles. The number of aromatic amines is 1. The Kier molecular flexibility index (Phi) is 4.10. The lowest BCUT2D eigenvalue weighted by atomic mass is 10.1. The Labute approximate surface area is 146 Å². The molecule has 1 aliphatic rings. The zero-order valence-corrected chi connectivity index (χ0v) is 14.8. The Hall–Kier alpha value is -2.16. The van der Waals surface area contributed by atoms with Gasteiger partial charge in [0.2, 0.25) is 10.0 Å². The molecule has 0 amide bonds. The maximum Gasteiger partial charge on any atom is 0.208 e. The number of hydrogen-bond donors (Lipinski definition) is 2. The van der Waals surface area contributed by atoms with E-state index in [0.717, 1.165) is 30.8 Å². The highest BCUT2D eigenvalue weighted by Gasteiger charge is 2.26. The van der Waals surface area contributed by atoms with Gasteiger partial charge in [-0.1, -0.05) is 12.1 Å². The molecule has 0 spiro atoms. The average molecular weight is 359 g/mol. The molecule has 3 aromatic rings. The van der Waals surface area contributed by atoms with Crippen molar-refractivity contribution in [1.82, 2.24) is 24.2 Å². The van der Waals surface area contributed by atoms with Crippen molar-refractivity contribution in [2.75, 3.05) is 19.3 Å². The second-order valence-electron chi connectivity index (χ2n) is 6.59. The average Bonchev–Trinajstić information content (AvgIpc) is 3.21. The number of imidazole rings is 1. The highest BCUT2D eigenvalue weighted by atomic mass is 32.2. The van der Waals surface area contributed by atoms with E-state index in [1.807, 2.05) is 12.4 Å². The van der Waals surface area contributed by atoms with Crippen molar-refractivity contribution in [3.8, 4) is 0 Å². The molecule has 0 unspecified atom stereocenters. The topological polar surface area (TPSA) is 83.0 Å². The monoisotopic (exact) mass is 359 g/mol. The Bertz CT molecular complexity index is 991. The fourth-order valence-electron chi connectivity index (χ4n) is 3.52. The normalized spacial score (nSPS) is 18.5. The van der Waals surface area contributed by atoms with Crippen LogP contribution in [-0.4, -0.2) is 47.2 Å². The number of H-pyrrole nitrogens is 1. The number of fused-ring (bicyclic) bond motifs is 2. The molecule has 3 heterocycles. The standard InChI is InChI=1S/C17H21N5O2S/c1-25(23,24)20-8-15-11-21(10-14-7-18-12-22(14)15)9-13-3-2-4-17-16(13)5-6-19-17/h2-7,12,15,19-20H,8-11H2,1H3/t15-/m1/s1. The fraction of sp³-hybridized carbons (Fsp3) is 0.353. The van der Waals surface area contributed by atoms with Crippen LogP contribution in [0.4, 0.5) is 0 Å². The van der Waals surface area contributed by atoms with Gasteiger partial charge in [-0.25, -0.2) is 18.1 Å². The predicted molar refractivity (Wildman–Crippen MR) is 96.5 cm³/mol. The van der Waals surface area contributed by atoms with Crippen molar-refractivity contribution < 1.29 is 8.42 Å². The molecule has 0 saturated carbocycles. The first-order valence-corrected chi connectivity index (χ1v) is 10.1. The fourth-order valence-corrected chi connectivity index (χ4v) is 4.02. The minimum atomic E-state index is -3.21. The van der Waals surface area contributed by atoms with E-state index in [4.69, 9.17) is 0 Å². The molecule has 2 N–H and O–H groups in total. The largest absolute Gasteiger partial charge is 0.361 e. The molecule has 25 heavy (non-hydrogen) atoms. The minimum absolute atomic E-state index is 0.0337. The summed E-state index contributed by atoms with van der Waals surface area (Å²) in [7, 11) is -3.21. The molecule has 132 valence electrons. The van der Waals surface area contributed by atoms with Gasteiger partial charge in [0.25, 0.3) is 0 Å². The SMILES string of the molecule is CS(=O)(=O)NC[C@@H]1CN(Cc2cccc3[nH]ccc23)Cc2cncn21. The summed E-state index contributed by atoms with van der Waals surface area (Å²) < 4.78 is 27.6. The zero-order valence-electron chi connectivity index (χ0n) is 14.0. The van der Waals surface area contributed by atoms with Gasteiger partial charge >= 0.3 is 0 Å². The molecule has 8 heteroatoms. The number of sulfonamides is 1. The molecule has 1 atom stereocenters. The molecule has 0 bridgehead atoms. The predicted octanol–water partition coefficient (Wildman–Crippen LogP) is 1.47. The van der Waals surface area contributed by atoms with Crippen molar-refractivity contribution in [3.05, 3.63) is 54.2 Å². The third kappa shape index (κ3) is 3.46. The first kappa shape index (κ1) is 16.3. The molecule has 0 saturated heterocycles. The Morgan fingerprint density at radius 2 is 2.24 bits per heavy atom. The van der Waals surface area contributed by atoms with E-state index >= 15 is 0 Å². The van der Waals surface area contributed by atoms with Gasteiger partial charge in [0, 0.05) is 49.5 Å². The molecule has 7 nitrogen and oxygen atoms in total. The van der Waals surface area contributed by atoms with E-state index in [0.29, 0.717) is 6.54 Å². The first-order valence-electron chi connectivity index (χ1n) is 8.22. The van der Waals surface area contributed by atoms with Gasteiger partial charge in [-0.2, -0.15) is 0 Å². The van der Waals surface area contributed by atoms with Crippen molar-refractivity contribution in [1.29, 1.82) is 0 Å². The first-order chi connectivity index (χ1) is 12.0. The zero-order chi connectivity index (χ0) is 17.4. The van der Waals surface area contributed by atoms with E-state index in [9.17, 15) is 8.42 Å². The molecular weight excluding hydrogens is 338 g/mol. The van der Waals surface area contributed by atoms with Crippen LogP contribution in [0, 0.1) is 0 Å². The highest BCUT2D eigenvalue weighted by Crippen LogP contribution is 2.25. The van der Waals surface area contributed by atoms with Crippen LogP contribution in [-0.2, 0) is 23.1 Å². The van der Waals surface area contributed by atoms with Gasteiger partial charge in [0.15, 0.2) is 0 Å². The van der Waals surface area contributed by atoms with Crippen LogP contribution in [0.15, 0.2) is 43.0 Å². The van der Waals surface area contributed by atoms with E-state index in [2.05, 4.69) is 48.4 Å². The summed E-state index contributed by atoms with van der Waals surface area (Å²) >= 11 is 0. The van der Waals surface area contributed by atoms with E-state index < -0.39 is 10.0 Å². The summed E-state index contributed by atoms with van der Waals surface area (Å²) in [4.78, 5) is 9.82. The Balaban J connectivity index is 1.56. The summed E-state index contributed by atoms with van der Waals surface area (Å²) in [5.41, 5.74) is 3.50. The summed E-state index contributed by atoms with van der Waals surface area (Å²) in [5.74, 6) is 0. The second kappa shape index (κ2) is 6.29. The van der Waals surface area contributed by atoms with Gasteiger partial charge in [-0.15, -0.1) is 0 Å². The third-order valence-corrected chi connectivity index (χ3v) is 5.35. The summed E-state index contributed by atoms with van der Waals surface area (Å²) in [6.45, 7) is 2.76. The van der Waals surface area contributed by atoms with Gasteiger partial charge in [0.05, 0.1) is 24.3 Å².